The molecule has 0 heterocycles. The van der Waals surface area contributed by atoms with Gasteiger partial charge in [-0.1, -0.05) is 31.0 Å². The monoisotopic (exact) mass is 386 g/mol. The molecular weight excluding hydrogens is 363 g/mol. The quantitative estimate of drug-likeness (QED) is 0.597. The molecule has 1 aliphatic rings. The number of carboxylic acids is 1. The Morgan fingerprint density at radius 3 is 2.61 bits per heavy atom. The van der Waals surface area contributed by atoms with Crippen molar-refractivity contribution in [3.05, 3.63) is 65.0 Å². The minimum absolute atomic E-state index is 0.244. The van der Waals surface area contributed by atoms with Crippen molar-refractivity contribution in [1.29, 1.82) is 0 Å². The van der Waals surface area contributed by atoms with Crippen LogP contribution in [0.1, 0.15) is 52.0 Å². The number of amides is 1. The first-order valence-corrected chi connectivity index (χ1v) is 9.31. The molecule has 0 spiro atoms. The highest BCUT2D eigenvalue weighted by molar-refractivity contribution is 5.99. The lowest BCUT2D eigenvalue weighted by molar-refractivity contribution is 0.0172. The number of anilines is 1. The molecule has 2 aromatic carbocycles. The van der Waals surface area contributed by atoms with Crippen molar-refractivity contribution in [2.24, 2.45) is 5.92 Å². The van der Waals surface area contributed by atoms with Gasteiger partial charge in [0.25, 0.3) is 5.91 Å². The number of nitrogens with one attached hydrogen (secondary N) is 2. The Kier molecular flexibility index (Phi) is 6.60. The van der Waals surface area contributed by atoms with Crippen LogP contribution in [0, 0.1) is 11.7 Å². The Morgan fingerprint density at radius 2 is 1.86 bits per heavy atom. The molecule has 0 bridgehead atoms. The Morgan fingerprint density at radius 1 is 1.11 bits per heavy atom. The van der Waals surface area contributed by atoms with Crippen LogP contribution >= 0.6 is 0 Å². The van der Waals surface area contributed by atoms with Crippen molar-refractivity contribution in [1.82, 2.24) is 5.48 Å². The lowest BCUT2D eigenvalue weighted by Gasteiger charge is -2.14. The maximum atomic E-state index is 13.5. The second kappa shape index (κ2) is 9.32. The Bertz CT molecular complexity index is 850. The number of rotatable bonds is 8. The van der Waals surface area contributed by atoms with Gasteiger partial charge in [-0.2, -0.15) is 0 Å². The summed E-state index contributed by atoms with van der Waals surface area (Å²) in [5.74, 6) is -1.96. The van der Waals surface area contributed by atoms with E-state index in [4.69, 9.17) is 9.94 Å². The van der Waals surface area contributed by atoms with Crippen molar-refractivity contribution in [2.45, 2.75) is 32.2 Å². The van der Waals surface area contributed by atoms with Crippen molar-refractivity contribution in [3.8, 4) is 0 Å². The number of para-hydroxylation sites is 1. The minimum Gasteiger partial charge on any atom is -0.478 e. The summed E-state index contributed by atoms with van der Waals surface area (Å²) >= 11 is 0. The third-order valence-electron chi connectivity index (χ3n) is 4.87. The van der Waals surface area contributed by atoms with Crippen LogP contribution in [0.5, 0.6) is 0 Å². The number of hydroxylamine groups is 1. The lowest BCUT2D eigenvalue weighted by atomic mass is 10.1. The molecule has 7 heteroatoms. The molecule has 1 amide bonds. The van der Waals surface area contributed by atoms with E-state index in [0.29, 0.717) is 29.3 Å². The Hall–Kier alpha value is -2.93. The molecule has 0 saturated heterocycles. The molecule has 148 valence electrons. The fourth-order valence-corrected chi connectivity index (χ4v) is 3.34. The van der Waals surface area contributed by atoms with E-state index in [0.717, 1.165) is 18.9 Å². The fraction of sp³-hybridized carbons (Fsp3) is 0.333. The Balaban J connectivity index is 1.61. The van der Waals surface area contributed by atoms with E-state index in [-0.39, 0.29) is 18.0 Å². The highest BCUT2D eigenvalue weighted by Gasteiger charge is 2.17. The van der Waals surface area contributed by atoms with Crippen molar-refractivity contribution in [3.63, 3.8) is 0 Å². The van der Waals surface area contributed by atoms with E-state index in [9.17, 15) is 14.0 Å². The molecule has 28 heavy (non-hydrogen) atoms. The van der Waals surface area contributed by atoms with Crippen LogP contribution in [0.2, 0.25) is 0 Å². The summed E-state index contributed by atoms with van der Waals surface area (Å²) in [5, 5.41) is 12.1. The topological polar surface area (TPSA) is 87.7 Å². The maximum Gasteiger partial charge on any atom is 0.338 e. The van der Waals surface area contributed by atoms with E-state index in [1.807, 2.05) is 0 Å². The second-order valence-electron chi connectivity index (χ2n) is 6.91. The number of hydrogen-bond donors (Lipinski definition) is 3. The first kappa shape index (κ1) is 19.8. The van der Waals surface area contributed by atoms with Gasteiger partial charge in [0.05, 0.1) is 17.7 Å². The molecule has 0 radical (unpaired) electrons. The number of aromatic carboxylic acids is 1. The van der Waals surface area contributed by atoms with Crippen LogP contribution in [0.15, 0.2) is 42.5 Å². The number of hydrogen-bond acceptors (Lipinski definition) is 4. The molecule has 3 N–H and O–H groups in total. The summed E-state index contributed by atoms with van der Waals surface area (Å²) in [7, 11) is 0. The molecule has 1 fully saturated rings. The van der Waals surface area contributed by atoms with Crippen LogP contribution in [-0.2, 0) is 11.4 Å². The van der Waals surface area contributed by atoms with Crippen molar-refractivity contribution >= 4 is 17.6 Å². The summed E-state index contributed by atoms with van der Waals surface area (Å²) in [6.45, 7) is 0.753. The molecule has 0 atom stereocenters. The van der Waals surface area contributed by atoms with E-state index in [1.54, 1.807) is 24.3 Å². The summed E-state index contributed by atoms with van der Waals surface area (Å²) in [6.07, 6.45) is 4.68. The fourth-order valence-electron chi connectivity index (χ4n) is 3.34. The van der Waals surface area contributed by atoms with Gasteiger partial charge >= 0.3 is 5.97 Å². The van der Waals surface area contributed by atoms with Crippen LogP contribution in [0.3, 0.4) is 0 Å². The van der Waals surface area contributed by atoms with E-state index >= 15 is 0 Å². The van der Waals surface area contributed by atoms with Crippen molar-refractivity contribution < 1.29 is 23.9 Å². The number of carboxylic acid groups (broad SMARTS) is 1. The number of halogens is 1. The molecule has 1 aliphatic carbocycles. The van der Waals surface area contributed by atoms with Gasteiger partial charge in [-0.25, -0.2) is 14.7 Å². The first-order chi connectivity index (χ1) is 13.5. The van der Waals surface area contributed by atoms with Crippen LogP contribution in [0.25, 0.3) is 0 Å². The van der Waals surface area contributed by atoms with E-state index in [1.165, 1.54) is 25.0 Å². The molecule has 1 saturated carbocycles. The summed E-state index contributed by atoms with van der Waals surface area (Å²) in [5.41, 5.74) is 3.68. The van der Waals surface area contributed by atoms with E-state index in [2.05, 4.69) is 10.8 Å². The zero-order valence-corrected chi connectivity index (χ0v) is 15.4. The zero-order chi connectivity index (χ0) is 19.9. The van der Waals surface area contributed by atoms with E-state index < -0.39 is 11.8 Å². The van der Waals surface area contributed by atoms with Crippen LogP contribution in [-0.4, -0.2) is 23.6 Å². The molecular formula is C21H23FN2O4. The second-order valence-corrected chi connectivity index (χ2v) is 6.91. The Labute approximate surface area is 162 Å². The number of benzene rings is 2. The van der Waals surface area contributed by atoms with Gasteiger partial charge < -0.3 is 10.4 Å². The largest absolute Gasteiger partial charge is 0.478 e. The number of carbonyl (C=O) groups is 2. The third kappa shape index (κ3) is 5.07. The summed E-state index contributed by atoms with van der Waals surface area (Å²) in [6, 6.07) is 10.8. The number of carbonyl (C=O) groups excluding carboxylic acids is 1. The van der Waals surface area contributed by atoms with Gasteiger partial charge in [-0.15, -0.1) is 0 Å². The standard InChI is InChI=1S/C21H23FN2O4/c22-18-10-9-15(11-17(18)21(26)27)12-23-19-8-4-3-7-16(19)20(25)24-28-13-14-5-1-2-6-14/h3-4,7-11,14,23H,1-2,5-6,12-13H2,(H,24,25)(H,26,27). The first-order valence-electron chi connectivity index (χ1n) is 9.31. The maximum absolute atomic E-state index is 13.5. The smallest absolute Gasteiger partial charge is 0.338 e. The summed E-state index contributed by atoms with van der Waals surface area (Å²) in [4.78, 5) is 28.9. The average Bonchev–Trinajstić information content (AvgIpc) is 3.20. The van der Waals surface area contributed by atoms with Gasteiger partial charge in [-0.3, -0.25) is 9.63 Å². The normalized spacial score (nSPS) is 14.0. The molecule has 0 aromatic heterocycles. The van der Waals surface area contributed by atoms with Gasteiger partial charge in [0, 0.05) is 12.2 Å². The van der Waals surface area contributed by atoms with Gasteiger partial charge in [0.15, 0.2) is 0 Å². The van der Waals surface area contributed by atoms with Gasteiger partial charge in [0.1, 0.15) is 5.82 Å². The SMILES string of the molecule is O=C(O)c1cc(CNc2ccccc2C(=O)NOCC2CCCC2)ccc1F. The molecule has 0 unspecified atom stereocenters. The van der Waals surface area contributed by atoms with Crippen molar-refractivity contribution in [2.75, 3.05) is 11.9 Å². The van der Waals surface area contributed by atoms with Gasteiger partial charge in [-0.05, 0) is 48.6 Å². The highest BCUT2D eigenvalue weighted by atomic mass is 19.1. The minimum atomic E-state index is -1.32. The molecule has 2 aromatic rings. The highest BCUT2D eigenvalue weighted by Crippen LogP contribution is 2.24. The molecule has 6 nitrogen and oxygen atoms in total. The summed E-state index contributed by atoms with van der Waals surface area (Å²) < 4.78 is 13.5. The van der Waals surface area contributed by atoms with Crippen LogP contribution in [0.4, 0.5) is 10.1 Å². The third-order valence-corrected chi connectivity index (χ3v) is 4.87. The zero-order valence-electron chi connectivity index (χ0n) is 15.4. The van der Waals surface area contributed by atoms with Crippen LogP contribution < -0.4 is 10.8 Å². The molecule has 3 rings (SSSR count). The molecule has 0 aliphatic heterocycles. The predicted molar refractivity (Wildman–Crippen MR) is 103 cm³/mol. The predicted octanol–water partition coefficient (Wildman–Crippen LogP) is 3.99. The van der Waals surface area contributed by atoms with Gasteiger partial charge in [0.2, 0.25) is 0 Å². The average molecular weight is 386 g/mol. The lowest BCUT2D eigenvalue weighted by Crippen LogP contribution is -2.27.